The molecule has 0 aliphatic heterocycles. The molecule has 1 aromatic heterocycles. The molecule has 0 unspecified atom stereocenters. The van der Waals surface area contributed by atoms with Crippen LogP contribution >= 0.6 is 0 Å². The molecule has 0 fully saturated rings. The molecule has 0 aliphatic carbocycles. The first-order chi connectivity index (χ1) is 11.1. The summed E-state index contributed by atoms with van der Waals surface area (Å²) >= 11 is 0. The summed E-state index contributed by atoms with van der Waals surface area (Å²) in [6.07, 6.45) is 1.42. The summed E-state index contributed by atoms with van der Waals surface area (Å²) in [7, 11) is 4.46. The smallest absolute Gasteiger partial charge is 0.271 e. The first kappa shape index (κ1) is 16.4. The summed E-state index contributed by atoms with van der Waals surface area (Å²) in [6.45, 7) is 1.83. The van der Waals surface area contributed by atoms with E-state index in [1.807, 2.05) is 13.0 Å². The highest BCUT2D eigenvalue weighted by Gasteiger charge is 2.16. The number of carbonyl (C=O) groups is 1. The summed E-state index contributed by atoms with van der Waals surface area (Å²) < 4.78 is 20.9. The molecule has 0 saturated carbocycles. The summed E-state index contributed by atoms with van der Waals surface area (Å²) in [5.74, 6) is 2.10. The molecule has 1 heterocycles. The Morgan fingerprint density at radius 2 is 1.78 bits per heavy atom. The molecule has 122 valence electrons. The van der Waals surface area contributed by atoms with Gasteiger partial charge >= 0.3 is 0 Å². The van der Waals surface area contributed by atoms with E-state index in [4.69, 9.17) is 18.6 Å². The van der Waals surface area contributed by atoms with Crippen molar-refractivity contribution in [1.29, 1.82) is 0 Å². The molecule has 0 radical (unpaired) electrons. The monoisotopic (exact) mass is 318 g/mol. The number of hydrogen-bond acceptors (Lipinski definition) is 6. The van der Waals surface area contributed by atoms with Gasteiger partial charge in [-0.3, -0.25) is 4.79 Å². The third-order valence-electron chi connectivity index (χ3n) is 3.05. The highest BCUT2D eigenvalue weighted by molar-refractivity contribution is 5.96. The van der Waals surface area contributed by atoms with Crippen molar-refractivity contribution in [1.82, 2.24) is 5.43 Å². The van der Waals surface area contributed by atoms with Gasteiger partial charge in [0.05, 0.1) is 27.5 Å². The molecular weight excluding hydrogens is 300 g/mol. The van der Waals surface area contributed by atoms with Crippen molar-refractivity contribution in [2.24, 2.45) is 5.10 Å². The maximum Gasteiger partial charge on any atom is 0.271 e. The molecule has 0 saturated heterocycles. The Bertz CT molecular complexity index is 696. The standard InChI is InChI=1S/C16H18N2O5/c1-10-5-6-12(23-10)9-17-18-16(19)11-7-13(20-2)15(22-4)14(8-11)21-3/h5-9H,1-4H3,(H,18,19). The van der Waals surface area contributed by atoms with Gasteiger partial charge in [0.2, 0.25) is 5.75 Å². The summed E-state index contributed by atoms with van der Waals surface area (Å²) in [5.41, 5.74) is 2.74. The number of nitrogens with one attached hydrogen (secondary N) is 1. The fourth-order valence-corrected chi connectivity index (χ4v) is 1.95. The van der Waals surface area contributed by atoms with Gasteiger partial charge in [-0.2, -0.15) is 5.10 Å². The van der Waals surface area contributed by atoms with E-state index in [0.29, 0.717) is 28.6 Å². The molecule has 2 aromatic rings. The fraction of sp³-hybridized carbons (Fsp3) is 0.250. The number of methoxy groups -OCH3 is 3. The summed E-state index contributed by atoms with van der Waals surface area (Å²) in [6, 6.07) is 6.65. The first-order valence-corrected chi connectivity index (χ1v) is 6.79. The van der Waals surface area contributed by atoms with Gasteiger partial charge in [0.25, 0.3) is 5.91 Å². The molecule has 23 heavy (non-hydrogen) atoms. The quantitative estimate of drug-likeness (QED) is 0.653. The maximum atomic E-state index is 12.2. The number of hydrazone groups is 1. The van der Waals surface area contributed by atoms with Crippen molar-refractivity contribution < 1.29 is 23.4 Å². The average Bonchev–Trinajstić information content (AvgIpc) is 2.98. The van der Waals surface area contributed by atoms with Gasteiger partial charge in [-0.25, -0.2) is 5.43 Å². The minimum absolute atomic E-state index is 0.326. The molecular formula is C16H18N2O5. The third kappa shape index (κ3) is 3.82. The zero-order valence-corrected chi connectivity index (χ0v) is 13.4. The van der Waals surface area contributed by atoms with E-state index in [9.17, 15) is 4.79 Å². The average molecular weight is 318 g/mol. The normalized spacial score (nSPS) is 10.6. The van der Waals surface area contributed by atoms with Gasteiger partial charge in [0, 0.05) is 5.56 Å². The van der Waals surface area contributed by atoms with Crippen LogP contribution in [-0.2, 0) is 0 Å². The van der Waals surface area contributed by atoms with Gasteiger partial charge in [-0.05, 0) is 31.2 Å². The van der Waals surface area contributed by atoms with E-state index in [1.165, 1.54) is 27.5 Å². The Balaban J connectivity index is 2.17. The van der Waals surface area contributed by atoms with Crippen LogP contribution in [-0.4, -0.2) is 33.5 Å². The topological polar surface area (TPSA) is 82.3 Å². The van der Waals surface area contributed by atoms with Crippen molar-refractivity contribution >= 4 is 12.1 Å². The molecule has 1 N–H and O–H groups in total. The molecule has 7 heteroatoms. The Kier molecular flexibility index (Phi) is 5.24. The first-order valence-electron chi connectivity index (χ1n) is 6.79. The van der Waals surface area contributed by atoms with Gasteiger partial charge in [-0.15, -0.1) is 0 Å². The SMILES string of the molecule is COc1cc(C(=O)NN=Cc2ccc(C)o2)cc(OC)c1OC. The second-order valence-electron chi connectivity index (χ2n) is 4.56. The van der Waals surface area contributed by atoms with Crippen molar-refractivity contribution in [3.05, 3.63) is 41.3 Å². The zero-order chi connectivity index (χ0) is 16.8. The van der Waals surface area contributed by atoms with Gasteiger partial charge in [-0.1, -0.05) is 0 Å². The summed E-state index contributed by atoms with van der Waals surface area (Å²) in [4.78, 5) is 12.2. The van der Waals surface area contributed by atoms with Crippen LogP contribution < -0.4 is 19.6 Å². The van der Waals surface area contributed by atoms with E-state index in [1.54, 1.807) is 18.2 Å². The molecule has 7 nitrogen and oxygen atoms in total. The van der Waals surface area contributed by atoms with E-state index >= 15 is 0 Å². The number of ether oxygens (including phenoxy) is 3. The minimum atomic E-state index is -0.413. The second-order valence-corrected chi connectivity index (χ2v) is 4.56. The van der Waals surface area contributed by atoms with Crippen molar-refractivity contribution in [2.45, 2.75) is 6.92 Å². The van der Waals surface area contributed by atoms with Gasteiger partial charge in [0.1, 0.15) is 11.5 Å². The number of rotatable bonds is 6. The number of amides is 1. The Morgan fingerprint density at radius 3 is 2.26 bits per heavy atom. The maximum absolute atomic E-state index is 12.2. The Hall–Kier alpha value is -2.96. The Morgan fingerprint density at radius 1 is 1.13 bits per heavy atom. The van der Waals surface area contributed by atoms with E-state index in [2.05, 4.69) is 10.5 Å². The molecule has 1 aromatic carbocycles. The zero-order valence-electron chi connectivity index (χ0n) is 13.4. The van der Waals surface area contributed by atoms with Gasteiger partial charge < -0.3 is 18.6 Å². The highest BCUT2D eigenvalue weighted by atomic mass is 16.5. The minimum Gasteiger partial charge on any atom is -0.493 e. The largest absolute Gasteiger partial charge is 0.493 e. The number of benzene rings is 1. The van der Waals surface area contributed by atoms with Crippen molar-refractivity contribution in [2.75, 3.05) is 21.3 Å². The molecule has 0 atom stereocenters. The predicted molar refractivity (Wildman–Crippen MR) is 84.6 cm³/mol. The Labute approximate surface area is 133 Å². The fourth-order valence-electron chi connectivity index (χ4n) is 1.95. The lowest BCUT2D eigenvalue weighted by Gasteiger charge is -2.13. The van der Waals surface area contributed by atoms with Crippen LogP contribution in [0.25, 0.3) is 0 Å². The number of aryl methyl sites for hydroxylation is 1. The number of furan rings is 1. The van der Waals surface area contributed by atoms with Crippen molar-refractivity contribution in [3.8, 4) is 17.2 Å². The lowest BCUT2D eigenvalue weighted by atomic mass is 10.1. The van der Waals surface area contributed by atoms with E-state index in [-0.39, 0.29) is 0 Å². The second kappa shape index (κ2) is 7.35. The van der Waals surface area contributed by atoms with E-state index in [0.717, 1.165) is 5.76 Å². The van der Waals surface area contributed by atoms with Crippen LogP contribution in [0.5, 0.6) is 17.2 Å². The number of nitrogens with zero attached hydrogens (tertiary/aromatic N) is 1. The third-order valence-corrected chi connectivity index (χ3v) is 3.05. The predicted octanol–water partition coefficient (Wildman–Crippen LogP) is 2.38. The van der Waals surface area contributed by atoms with Gasteiger partial charge in [0.15, 0.2) is 11.5 Å². The highest BCUT2D eigenvalue weighted by Crippen LogP contribution is 2.38. The van der Waals surface area contributed by atoms with Crippen LogP contribution in [0.4, 0.5) is 0 Å². The number of carbonyl (C=O) groups excluding carboxylic acids is 1. The molecule has 1 amide bonds. The van der Waals surface area contributed by atoms with Crippen LogP contribution in [0.3, 0.4) is 0 Å². The van der Waals surface area contributed by atoms with Crippen LogP contribution in [0, 0.1) is 6.92 Å². The van der Waals surface area contributed by atoms with Crippen LogP contribution in [0.1, 0.15) is 21.9 Å². The lowest BCUT2D eigenvalue weighted by molar-refractivity contribution is 0.0954. The molecule has 0 bridgehead atoms. The number of hydrogen-bond donors (Lipinski definition) is 1. The van der Waals surface area contributed by atoms with E-state index < -0.39 is 5.91 Å². The van der Waals surface area contributed by atoms with Crippen LogP contribution in [0.15, 0.2) is 33.8 Å². The van der Waals surface area contributed by atoms with Crippen LogP contribution in [0.2, 0.25) is 0 Å². The lowest BCUT2D eigenvalue weighted by Crippen LogP contribution is -2.18. The molecule has 0 aliphatic rings. The molecule has 2 rings (SSSR count). The van der Waals surface area contributed by atoms with Crippen molar-refractivity contribution in [3.63, 3.8) is 0 Å². The molecule has 0 spiro atoms. The summed E-state index contributed by atoms with van der Waals surface area (Å²) in [5, 5.41) is 3.85.